The van der Waals surface area contributed by atoms with E-state index >= 15 is 0 Å². The molecule has 6 heteroatoms. The zero-order valence-electron chi connectivity index (χ0n) is 12.6. The quantitative estimate of drug-likeness (QED) is 0.745. The maximum Gasteiger partial charge on any atom is 0.274 e. The average Bonchev–Trinajstić information content (AvgIpc) is 3.10. The summed E-state index contributed by atoms with van der Waals surface area (Å²) in [6.07, 6.45) is 4.37. The number of hydrogen-bond acceptors (Lipinski definition) is 4. The topological polar surface area (TPSA) is 59.0 Å². The largest absolute Gasteiger partial charge is 0.381 e. The molecule has 0 aromatic heterocycles. The fraction of sp³-hybridized carbons (Fsp3) is 0.471. The van der Waals surface area contributed by atoms with Crippen molar-refractivity contribution in [2.45, 2.75) is 44.2 Å². The molecule has 0 bridgehead atoms. The first-order chi connectivity index (χ1) is 11.2. The van der Waals surface area contributed by atoms with Gasteiger partial charge in [-0.05, 0) is 25.0 Å². The van der Waals surface area contributed by atoms with Crippen LogP contribution in [0.1, 0.15) is 37.7 Å². The smallest absolute Gasteiger partial charge is 0.274 e. The summed E-state index contributed by atoms with van der Waals surface area (Å²) in [7, 11) is 0. The molecule has 0 unspecified atom stereocenters. The average molecular weight is 377 g/mol. The lowest BCUT2D eigenvalue weighted by molar-refractivity contribution is -0.145. The number of carbonyl (C=O) groups excluding carboxylic acids is 2. The van der Waals surface area contributed by atoms with Gasteiger partial charge in [0.05, 0.1) is 0 Å². The highest BCUT2D eigenvalue weighted by atomic mass is 79.9. The Morgan fingerprint density at radius 2 is 1.74 bits per heavy atom. The van der Waals surface area contributed by atoms with Gasteiger partial charge >= 0.3 is 0 Å². The van der Waals surface area contributed by atoms with Gasteiger partial charge in [0.25, 0.3) is 5.91 Å². The van der Waals surface area contributed by atoms with E-state index in [0.717, 1.165) is 35.7 Å². The Kier molecular flexibility index (Phi) is 3.71. The second kappa shape index (κ2) is 5.74. The Bertz CT molecular complexity index is 680. The number of amides is 2. The van der Waals surface area contributed by atoms with E-state index in [0.29, 0.717) is 5.71 Å². The lowest BCUT2D eigenvalue weighted by atomic mass is 9.93. The van der Waals surface area contributed by atoms with Crippen LogP contribution in [0.3, 0.4) is 0 Å². The molecular formula is C17H17BrN2O3. The molecule has 4 rings (SSSR count). The standard InChI is InChI=1S/C17H17BrN2O3/c18-11-8-6-10(7-9-11)14-13-15(23-19-14)17(22)20(16(13)21)12-4-2-1-3-5-12/h6-9,12-13,15H,1-5H2/t13-,15-/m1/s1. The Balaban J connectivity index is 1.62. The van der Waals surface area contributed by atoms with Crippen LogP contribution in [0.5, 0.6) is 0 Å². The highest BCUT2D eigenvalue weighted by Crippen LogP contribution is 2.36. The lowest BCUT2D eigenvalue weighted by Crippen LogP contribution is -2.43. The molecule has 1 saturated carbocycles. The molecule has 0 radical (unpaired) electrons. The summed E-state index contributed by atoms with van der Waals surface area (Å²) < 4.78 is 0.954. The third-order valence-electron chi connectivity index (χ3n) is 4.93. The molecule has 3 aliphatic rings. The fourth-order valence-corrected chi connectivity index (χ4v) is 4.02. The molecule has 120 valence electrons. The van der Waals surface area contributed by atoms with Crippen molar-refractivity contribution >= 4 is 33.5 Å². The van der Waals surface area contributed by atoms with Crippen molar-refractivity contribution in [1.82, 2.24) is 4.90 Å². The van der Waals surface area contributed by atoms with Gasteiger partial charge in [0.15, 0.2) is 0 Å². The molecule has 2 heterocycles. The van der Waals surface area contributed by atoms with Gasteiger partial charge in [0.2, 0.25) is 12.0 Å². The van der Waals surface area contributed by atoms with E-state index in [9.17, 15) is 9.59 Å². The third kappa shape index (κ3) is 2.40. The van der Waals surface area contributed by atoms with Crippen molar-refractivity contribution in [2.24, 2.45) is 11.1 Å². The number of halogens is 1. The van der Waals surface area contributed by atoms with E-state index in [1.165, 1.54) is 11.3 Å². The summed E-state index contributed by atoms with van der Waals surface area (Å²) in [6.45, 7) is 0. The molecular weight excluding hydrogens is 360 g/mol. The first kappa shape index (κ1) is 14.9. The highest BCUT2D eigenvalue weighted by Gasteiger charge is 2.57. The minimum atomic E-state index is -0.775. The first-order valence-electron chi connectivity index (χ1n) is 8.03. The predicted molar refractivity (Wildman–Crippen MR) is 87.8 cm³/mol. The van der Waals surface area contributed by atoms with E-state index in [-0.39, 0.29) is 17.9 Å². The molecule has 1 saturated heterocycles. The second-order valence-corrected chi connectivity index (χ2v) is 7.24. The Morgan fingerprint density at radius 3 is 2.43 bits per heavy atom. The monoisotopic (exact) mass is 376 g/mol. The highest BCUT2D eigenvalue weighted by molar-refractivity contribution is 9.10. The van der Waals surface area contributed by atoms with Gasteiger partial charge in [-0.2, -0.15) is 0 Å². The second-order valence-electron chi connectivity index (χ2n) is 6.33. The molecule has 2 aliphatic heterocycles. The van der Waals surface area contributed by atoms with Crippen LogP contribution in [-0.2, 0) is 14.4 Å². The van der Waals surface area contributed by atoms with Crippen LogP contribution in [-0.4, -0.2) is 34.6 Å². The Labute approximate surface area is 142 Å². The van der Waals surface area contributed by atoms with E-state index in [4.69, 9.17) is 4.84 Å². The number of imide groups is 1. The van der Waals surface area contributed by atoms with Crippen LogP contribution in [0.4, 0.5) is 0 Å². The van der Waals surface area contributed by atoms with Crippen LogP contribution in [0.2, 0.25) is 0 Å². The summed E-state index contributed by atoms with van der Waals surface area (Å²) in [5.41, 5.74) is 1.39. The molecule has 1 aromatic carbocycles. The molecule has 23 heavy (non-hydrogen) atoms. The summed E-state index contributed by atoms with van der Waals surface area (Å²) in [4.78, 5) is 32.3. The van der Waals surface area contributed by atoms with Crippen LogP contribution in [0, 0.1) is 5.92 Å². The number of oxime groups is 1. The number of carbonyl (C=O) groups is 2. The van der Waals surface area contributed by atoms with Gasteiger partial charge < -0.3 is 4.84 Å². The number of nitrogens with zero attached hydrogens (tertiary/aromatic N) is 2. The van der Waals surface area contributed by atoms with Gasteiger partial charge in [0, 0.05) is 16.1 Å². The van der Waals surface area contributed by atoms with Crippen molar-refractivity contribution in [3.63, 3.8) is 0 Å². The SMILES string of the molecule is O=C1[C@@H]2C(c3ccc(Br)cc3)=NO[C@H]2C(=O)N1C1CCCCC1. The van der Waals surface area contributed by atoms with Crippen LogP contribution in [0.15, 0.2) is 33.9 Å². The van der Waals surface area contributed by atoms with Crippen molar-refractivity contribution < 1.29 is 14.4 Å². The van der Waals surface area contributed by atoms with Crippen molar-refractivity contribution in [3.05, 3.63) is 34.3 Å². The van der Waals surface area contributed by atoms with E-state index in [1.807, 2.05) is 24.3 Å². The molecule has 0 N–H and O–H groups in total. The molecule has 2 fully saturated rings. The lowest BCUT2D eigenvalue weighted by Gasteiger charge is -2.29. The molecule has 5 nitrogen and oxygen atoms in total. The molecule has 2 atom stereocenters. The maximum atomic E-state index is 12.9. The Hall–Kier alpha value is -1.69. The van der Waals surface area contributed by atoms with Gasteiger partial charge in [-0.15, -0.1) is 0 Å². The fourth-order valence-electron chi connectivity index (χ4n) is 3.76. The molecule has 0 spiro atoms. The summed E-state index contributed by atoms with van der Waals surface area (Å²) in [5.74, 6) is -0.959. The minimum Gasteiger partial charge on any atom is -0.381 e. The zero-order valence-corrected chi connectivity index (χ0v) is 14.2. The van der Waals surface area contributed by atoms with Crippen molar-refractivity contribution in [1.29, 1.82) is 0 Å². The van der Waals surface area contributed by atoms with Crippen molar-refractivity contribution in [2.75, 3.05) is 0 Å². The summed E-state index contributed by atoms with van der Waals surface area (Å²) in [5, 5.41) is 4.03. The van der Waals surface area contributed by atoms with Gasteiger partial charge in [0.1, 0.15) is 11.6 Å². The number of likely N-dealkylation sites (tertiary alicyclic amines) is 1. The van der Waals surface area contributed by atoms with Gasteiger partial charge in [-0.25, -0.2) is 0 Å². The predicted octanol–water partition coefficient (Wildman–Crippen LogP) is 2.87. The van der Waals surface area contributed by atoms with Crippen LogP contribution < -0.4 is 0 Å². The number of benzene rings is 1. The zero-order chi connectivity index (χ0) is 16.0. The normalized spacial score (nSPS) is 27.9. The van der Waals surface area contributed by atoms with Crippen molar-refractivity contribution in [3.8, 4) is 0 Å². The van der Waals surface area contributed by atoms with Crippen LogP contribution in [0.25, 0.3) is 0 Å². The van der Waals surface area contributed by atoms with E-state index < -0.39 is 12.0 Å². The van der Waals surface area contributed by atoms with Crippen LogP contribution >= 0.6 is 15.9 Å². The first-order valence-corrected chi connectivity index (χ1v) is 8.82. The number of fused-ring (bicyclic) bond motifs is 1. The third-order valence-corrected chi connectivity index (χ3v) is 5.45. The number of hydrogen-bond donors (Lipinski definition) is 0. The van der Waals surface area contributed by atoms with Gasteiger partial charge in [-0.3, -0.25) is 14.5 Å². The van der Waals surface area contributed by atoms with E-state index in [2.05, 4.69) is 21.1 Å². The van der Waals surface area contributed by atoms with E-state index in [1.54, 1.807) is 0 Å². The van der Waals surface area contributed by atoms with Gasteiger partial charge in [-0.1, -0.05) is 52.5 Å². The summed E-state index contributed by atoms with van der Waals surface area (Å²) in [6, 6.07) is 7.59. The molecule has 2 amide bonds. The minimum absolute atomic E-state index is 0.0316. The summed E-state index contributed by atoms with van der Waals surface area (Å²) >= 11 is 3.39. The molecule has 1 aromatic rings. The Morgan fingerprint density at radius 1 is 1.04 bits per heavy atom. The molecule has 1 aliphatic carbocycles. The number of rotatable bonds is 2. The maximum absolute atomic E-state index is 12.9.